The van der Waals surface area contributed by atoms with Gasteiger partial charge in [-0.2, -0.15) is 0 Å². The van der Waals surface area contributed by atoms with E-state index in [0.29, 0.717) is 11.5 Å². The molecule has 17 heavy (non-hydrogen) atoms. The lowest BCUT2D eigenvalue weighted by Gasteiger charge is -2.29. The van der Waals surface area contributed by atoms with Crippen molar-refractivity contribution in [2.45, 2.75) is 24.3 Å². The lowest BCUT2D eigenvalue weighted by molar-refractivity contribution is 0.386. The first-order valence-electron chi connectivity index (χ1n) is 6.25. The molecule has 1 spiro atoms. The molecule has 1 atom stereocenters. The van der Waals surface area contributed by atoms with Gasteiger partial charge in [-0.15, -0.1) is 0 Å². The summed E-state index contributed by atoms with van der Waals surface area (Å²) in [6.07, 6.45) is 4.37. The van der Waals surface area contributed by atoms with E-state index in [-0.39, 0.29) is 0 Å². The molecule has 1 N–H and O–H groups in total. The monoisotopic (exact) mass is 225 g/mol. The Morgan fingerprint density at radius 2 is 1.94 bits per heavy atom. The predicted molar refractivity (Wildman–Crippen MR) is 65.9 cm³/mol. The zero-order valence-corrected chi connectivity index (χ0v) is 9.65. The van der Waals surface area contributed by atoms with E-state index in [4.69, 9.17) is 4.42 Å². The first-order chi connectivity index (χ1) is 8.39. The van der Waals surface area contributed by atoms with Crippen molar-refractivity contribution in [2.75, 3.05) is 6.54 Å². The van der Waals surface area contributed by atoms with Gasteiger partial charge in [-0.25, -0.2) is 0 Å². The minimum absolute atomic E-state index is 0.302. The third kappa shape index (κ3) is 1.31. The molecule has 0 radical (unpaired) electrons. The summed E-state index contributed by atoms with van der Waals surface area (Å²) in [6.45, 7) is 1.05. The van der Waals surface area contributed by atoms with Gasteiger partial charge in [0.1, 0.15) is 5.76 Å². The van der Waals surface area contributed by atoms with Crippen molar-refractivity contribution in [3.05, 3.63) is 59.5 Å². The normalized spacial score (nSPS) is 24.6. The Hall–Kier alpha value is -1.54. The fourth-order valence-corrected chi connectivity index (χ4v) is 2.96. The van der Waals surface area contributed by atoms with Crippen molar-refractivity contribution in [3.63, 3.8) is 0 Å². The van der Waals surface area contributed by atoms with Crippen LogP contribution in [-0.2, 0) is 5.41 Å². The van der Waals surface area contributed by atoms with Crippen molar-refractivity contribution in [3.8, 4) is 0 Å². The fourth-order valence-electron chi connectivity index (χ4n) is 2.96. The standard InChI is InChI=1S/C15H15NO/c1-2-4-11(5-3-1)13-12-6-9-17-14(12)15(7-8-15)10-16-13/h1-6,9,13,16H,7-8,10H2. The van der Waals surface area contributed by atoms with Crippen molar-refractivity contribution in [1.82, 2.24) is 5.32 Å². The van der Waals surface area contributed by atoms with Gasteiger partial charge in [-0.1, -0.05) is 30.3 Å². The summed E-state index contributed by atoms with van der Waals surface area (Å²) in [5, 5.41) is 3.67. The second-order valence-electron chi connectivity index (χ2n) is 5.21. The quantitative estimate of drug-likeness (QED) is 0.807. The second kappa shape index (κ2) is 3.23. The third-order valence-electron chi connectivity index (χ3n) is 4.12. The molecule has 2 aliphatic rings. The lowest BCUT2D eigenvalue weighted by atomic mass is 9.88. The van der Waals surface area contributed by atoms with Crippen LogP contribution in [0.15, 0.2) is 47.1 Å². The molecule has 1 aromatic heterocycles. The summed E-state index contributed by atoms with van der Waals surface area (Å²) < 4.78 is 5.75. The molecule has 4 rings (SSSR count). The topological polar surface area (TPSA) is 25.2 Å². The maximum absolute atomic E-state index is 5.75. The summed E-state index contributed by atoms with van der Waals surface area (Å²) in [4.78, 5) is 0. The maximum Gasteiger partial charge on any atom is 0.116 e. The zero-order valence-electron chi connectivity index (χ0n) is 9.65. The van der Waals surface area contributed by atoms with Gasteiger partial charge in [-0.3, -0.25) is 0 Å². The molecule has 1 unspecified atom stereocenters. The van der Waals surface area contributed by atoms with Crippen LogP contribution in [0.1, 0.15) is 35.8 Å². The Morgan fingerprint density at radius 1 is 1.12 bits per heavy atom. The molecule has 2 heterocycles. The van der Waals surface area contributed by atoms with Crippen LogP contribution < -0.4 is 5.32 Å². The molecule has 1 saturated carbocycles. The average molecular weight is 225 g/mol. The fraction of sp³-hybridized carbons (Fsp3) is 0.333. The van der Waals surface area contributed by atoms with E-state index in [2.05, 4.69) is 41.7 Å². The molecular formula is C15H15NO. The Kier molecular flexibility index (Phi) is 1.80. The van der Waals surface area contributed by atoms with Crippen molar-refractivity contribution in [2.24, 2.45) is 0 Å². The number of rotatable bonds is 1. The van der Waals surface area contributed by atoms with Gasteiger partial charge in [0.15, 0.2) is 0 Å². The smallest absolute Gasteiger partial charge is 0.116 e. The van der Waals surface area contributed by atoms with Gasteiger partial charge in [0.25, 0.3) is 0 Å². The van der Waals surface area contributed by atoms with Crippen molar-refractivity contribution >= 4 is 0 Å². The largest absolute Gasteiger partial charge is 0.468 e. The van der Waals surface area contributed by atoms with Gasteiger partial charge in [0.2, 0.25) is 0 Å². The van der Waals surface area contributed by atoms with Crippen LogP contribution in [-0.4, -0.2) is 6.54 Å². The number of furan rings is 1. The minimum atomic E-state index is 0.302. The number of hydrogen-bond acceptors (Lipinski definition) is 2. The second-order valence-corrected chi connectivity index (χ2v) is 5.21. The Bertz CT molecular complexity index is 539. The predicted octanol–water partition coefficient (Wildman–Crippen LogP) is 3.00. The molecule has 0 saturated heterocycles. The van der Waals surface area contributed by atoms with E-state index in [0.717, 1.165) is 6.54 Å². The molecule has 0 bridgehead atoms. The molecule has 2 heteroatoms. The van der Waals surface area contributed by atoms with E-state index in [1.807, 2.05) is 6.26 Å². The molecule has 1 fully saturated rings. The molecule has 1 aromatic carbocycles. The van der Waals surface area contributed by atoms with Gasteiger partial charge >= 0.3 is 0 Å². The Balaban J connectivity index is 1.81. The molecule has 0 amide bonds. The van der Waals surface area contributed by atoms with Gasteiger partial charge in [0, 0.05) is 17.5 Å². The number of nitrogens with one attached hydrogen (secondary N) is 1. The van der Waals surface area contributed by atoms with Crippen molar-refractivity contribution < 1.29 is 4.42 Å². The number of hydrogen-bond donors (Lipinski definition) is 1. The van der Waals surface area contributed by atoms with E-state index in [1.54, 1.807) is 0 Å². The minimum Gasteiger partial charge on any atom is -0.468 e. The van der Waals surface area contributed by atoms with E-state index < -0.39 is 0 Å². The molecule has 1 aliphatic carbocycles. The Morgan fingerprint density at radius 3 is 2.71 bits per heavy atom. The Labute approximate surface area is 101 Å². The van der Waals surface area contributed by atoms with Gasteiger partial charge in [0.05, 0.1) is 12.3 Å². The average Bonchev–Trinajstić information content (AvgIpc) is 2.97. The first kappa shape index (κ1) is 9.49. The van der Waals surface area contributed by atoms with Gasteiger partial charge < -0.3 is 9.73 Å². The number of fused-ring (bicyclic) bond motifs is 2. The molecule has 86 valence electrons. The van der Waals surface area contributed by atoms with Gasteiger partial charge in [-0.05, 0) is 24.5 Å². The first-order valence-corrected chi connectivity index (χ1v) is 6.25. The van der Waals surface area contributed by atoms with Crippen LogP contribution in [0, 0.1) is 0 Å². The summed E-state index contributed by atoms with van der Waals surface area (Å²) >= 11 is 0. The van der Waals surface area contributed by atoms with E-state index >= 15 is 0 Å². The van der Waals surface area contributed by atoms with E-state index in [1.165, 1.54) is 29.7 Å². The highest BCUT2D eigenvalue weighted by Gasteiger charge is 2.51. The molecule has 2 aromatic rings. The summed E-state index contributed by atoms with van der Waals surface area (Å²) in [6, 6.07) is 13.0. The third-order valence-corrected chi connectivity index (χ3v) is 4.12. The van der Waals surface area contributed by atoms with Crippen LogP contribution in [0.4, 0.5) is 0 Å². The highest BCUT2D eigenvalue weighted by molar-refractivity contribution is 5.42. The zero-order chi connectivity index (χ0) is 11.3. The number of benzene rings is 1. The maximum atomic E-state index is 5.75. The van der Waals surface area contributed by atoms with Crippen molar-refractivity contribution in [1.29, 1.82) is 0 Å². The SMILES string of the molecule is c1ccc(C2NCC3(CC3)c3occc32)cc1. The van der Waals surface area contributed by atoms with Crippen LogP contribution in [0.25, 0.3) is 0 Å². The highest BCUT2D eigenvalue weighted by Crippen LogP contribution is 2.53. The molecular weight excluding hydrogens is 210 g/mol. The highest BCUT2D eigenvalue weighted by atomic mass is 16.3. The summed E-state index contributed by atoms with van der Waals surface area (Å²) in [7, 11) is 0. The van der Waals surface area contributed by atoms with E-state index in [9.17, 15) is 0 Å². The van der Waals surface area contributed by atoms with Crippen LogP contribution in [0.5, 0.6) is 0 Å². The molecule has 2 nitrogen and oxygen atoms in total. The summed E-state index contributed by atoms with van der Waals surface area (Å²) in [5.41, 5.74) is 2.98. The van der Waals surface area contributed by atoms with Crippen LogP contribution >= 0.6 is 0 Å². The van der Waals surface area contributed by atoms with Crippen LogP contribution in [0.2, 0.25) is 0 Å². The lowest BCUT2D eigenvalue weighted by Crippen LogP contribution is -2.37. The summed E-state index contributed by atoms with van der Waals surface area (Å²) in [5.74, 6) is 1.23. The van der Waals surface area contributed by atoms with Crippen LogP contribution in [0.3, 0.4) is 0 Å². The molecule has 1 aliphatic heterocycles.